The fraction of sp³-hybridized carbons (Fsp3) is 0.375. The molecule has 2 aromatic rings. The van der Waals surface area contributed by atoms with Gasteiger partial charge in [0.25, 0.3) is 0 Å². The molecule has 4 heteroatoms. The summed E-state index contributed by atoms with van der Waals surface area (Å²) in [4.78, 5) is 2.43. The highest BCUT2D eigenvalue weighted by Crippen LogP contribution is 2.41. The number of ether oxygens (including phenoxy) is 1. The van der Waals surface area contributed by atoms with Gasteiger partial charge in [0.15, 0.2) is 0 Å². The van der Waals surface area contributed by atoms with Gasteiger partial charge in [0, 0.05) is 20.3 Å². The Morgan fingerprint density at radius 2 is 1.85 bits per heavy atom. The molecule has 0 aliphatic carbocycles. The van der Waals surface area contributed by atoms with Crippen LogP contribution in [0.2, 0.25) is 5.02 Å². The van der Waals surface area contributed by atoms with Crippen LogP contribution in [0.25, 0.3) is 0 Å². The zero-order valence-electron chi connectivity index (χ0n) is 12.0. The second-order valence-corrected chi connectivity index (χ2v) is 7.69. The lowest BCUT2D eigenvalue weighted by Crippen LogP contribution is -2.07. The minimum atomic E-state index is -0.246. The summed E-state index contributed by atoms with van der Waals surface area (Å²) in [5.41, 5.74) is 1.04. The summed E-state index contributed by atoms with van der Waals surface area (Å²) >= 11 is 14.4. The fourth-order valence-electron chi connectivity index (χ4n) is 1.95. The topological polar surface area (TPSA) is 9.23 Å². The molecule has 0 saturated carbocycles. The van der Waals surface area contributed by atoms with Gasteiger partial charge in [-0.15, -0.1) is 22.9 Å². The smallest absolute Gasteiger partial charge is 0.124 e. The minimum Gasteiger partial charge on any atom is -0.496 e. The van der Waals surface area contributed by atoms with Gasteiger partial charge >= 0.3 is 0 Å². The van der Waals surface area contributed by atoms with Crippen LogP contribution in [0.3, 0.4) is 0 Å². The molecular weight excluding hydrogens is 311 g/mol. The van der Waals surface area contributed by atoms with E-state index in [1.165, 1.54) is 4.88 Å². The van der Waals surface area contributed by atoms with E-state index in [9.17, 15) is 0 Å². The van der Waals surface area contributed by atoms with E-state index >= 15 is 0 Å². The maximum absolute atomic E-state index is 6.62. The molecule has 1 atom stereocenters. The second-order valence-electron chi connectivity index (χ2n) is 5.70. The zero-order chi connectivity index (χ0) is 14.9. The number of thiophene rings is 1. The number of rotatable bonds is 3. The number of methoxy groups -OCH3 is 1. The molecule has 0 N–H and O–H groups in total. The molecule has 0 spiro atoms. The molecule has 20 heavy (non-hydrogen) atoms. The zero-order valence-corrected chi connectivity index (χ0v) is 14.4. The molecule has 1 aromatic carbocycles. The lowest BCUT2D eigenvalue weighted by atomic mass is 9.95. The molecule has 0 fully saturated rings. The van der Waals surface area contributed by atoms with E-state index in [4.69, 9.17) is 27.9 Å². The van der Waals surface area contributed by atoms with Crippen molar-refractivity contribution in [2.75, 3.05) is 7.11 Å². The van der Waals surface area contributed by atoms with Crippen molar-refractivity contribution in [1.82, 2.24) is 0 Å². The molecule has 2 rings (SSSR count). The molecule has 0 bridgehead atoms. The van der Waals surface area contributed by atoms with Crippen LogP contribution in [-0.2, 0) is 5.41 Å². The molecule has 0 radical (unpaired) electrons. The van der Waals surface area contributed by atoms with Gasteiger partial charge < -0.3 is 4.74 Å². The van der Waals surface area contributed by atoms with Gasteiger partial charge in [-0.05, 0) is 35.7 Å². The summed E-state index contributed by atoms with van der Waals surface area (Å²) in [6.07, 6.45) is 0. The number of hydrogen-bond acceptors (Lipinski definition) is 2. The van der Waals surface area contributed by atoms with Crippen LogP contribution in [-0.4, -0.2) is 7.11 Å². The molecule has 1 nitrogen and oxygen atoms in total. The summed E-state index contributed by atoms with van der Waals surface area (Å²) in [6.45, 7) is 6.60. The third-order valence-electron chi connectivity index (χ3n) is 3.08. The quantitative estimate of drug-likeness (QED) is 0.624. The van der Waals surface area contributed by atoms with Crippen molar-refractivity contribution in [3.05, 3.63) is 50.7 Å². The van der Waals surface area contributed by atoms with Crippen LogP contribution in [0.1, 0.15) is 41.5 Å². The molecular formula is C16H18Cl2OS. The number of hydrogen-bond donors (Lipinski definition) is 0. The van der Waals surface area contributed by atoms with Crippen LogP contribution in [0.5, 0.6) is 5.75 Å². The predicted molar refractivity (Wildman–Crippen MR) is 88.7 cm³/mol. The maximum Gasteiger partial charge on any atom is 0.124 e. The lowest BCUT2D eigenvalue weighted by molar-refractivity contribution is 0.410. The number of alkyl halides is 1. The van der Waals surface area contributed by atoms with E-state index in [-0.39, 0.29) is 10.8 Å². The van der Waals surface area contributed by atoms with E-state index in [1.54, 1.807) is 18.4 Å². The molecule has 0 amide bonds. The molecule has 0 aliphatic heterocycles. The van der Waals surface area contributed by atoms with E-state index in [0.29, 0.717) is 5.02 Å². The fourth-order valence-corrected chi connectivity index (χ4v) is 3.57. The van der Waals surface area contributed by atoms with Crippen molar-refractivity contribution < 1.29 is 4.74 Å². The standard InChI is InChI=1S/C16H18Cl2OS/c1-16(2,3)14-8-7-13(20-14)15(18)11-9-10(17)5-6-12(11)19-4/h5-9,15H,1-4H3. The normalized spacial score (nSPS) is 13.3. The first-order valence-corrected chi connectivity index (χ1v) is 8.03. The van der Waals surface area contributed by atoms with Crippen LogP contribution in [0, 0.1) is 0 Å². The first kappa shape index (κ1) is 15.7. The van der Waals surface area contributed by atoms with Crippen LogP contribution >= 0.6 is 34.5 Å². The number of halogens is 2. The third kappa shape index (κ3) is 3.30. The van der Waals surface area contributed by atoms with Crippen molar-refractivity contribution in [2.45, 2.75) is 31.6 Å². The van der Waals surface area contributed by atoms with Gasteiger partial charge in [-0.2, -0.15) is 0 Å². The van der Waals surface area contributed by atoms with E-state index in [2.05, 4.69) is 32.9 Å². The van der Waals surface area contributed by atoms with Crippen molar-refractivity contribution in [1.29, 1.82) is 0 Å². The molecule has 0 saturated heterocycles. The highest BCUT2D eigenvalue weighted by Gasteiger charge is 2.21. The van der Waals surface area contributed by atoms with Gasteiger partial charge in [0.2, 0.25) is 0 Å². The molecule has 108 valence electrons. The number of benzene rings is 1. The summed E-state index contributed by atoms with van der Waals surface area (Å²) < 4.78 is 5.38. The SMILES string of the molecule is COc1ccc(Cl)cc1C(Cl)c1ccc(C(C)(C)C)s1. The maximum atomic E-state index is 6.62. The van der Waals surface area contributed by atoms with Gasteiger partial charge in [-0.3, -0.25) is 0 Å². The minimum absolute atomic E-state index is 0.137. The highest BCUT2D eigenvalue weighted by molar-refractivity contribution is 7.12. The Morgan fingerprint density at radius 1 is 1.15 bits per heavy atom. The Morgan fingerprint density at radius 3 is 2.40 bits per heavy atom. The average Bonchev–Trinajstić information content (AvgIpc) is 2.87. The monoisotopic (exact) mass is 328 g/mol. The second kappa shape index (κ2) is 5.97. The first-order chi connectivity index (χ1) is 9.32. The Bertz CT molecular complexity index is 599. The van der Waals surface area contributed by atoms with Crippen LogP contribution in [0.4, 0.5) is 0 Å². The summed E-state index contributed by atoms with van der Waals surface area (Å²) in [5.74, 6) is 0.764. The van der Waals surface area contributed by atoms with Gasteiger partial charge in [0.05, 0.1) is 12.5 Å². The van der Waals surface area contributed by atoms with Gasteiger partial charge in [-0.25, -0.2) is 0 Å². The molecule has 1 aromatic heterocycles. The van der Waals surface area contributed by atoms with Crippen molar-refractivity contribution >= 4 is 34.5 Å². The van der Waals surface area contributed by atoms with Crippen LogP contribution in [0.15, 0.2) is 30.3 Å². The summed E-state index contributed by atoms with van der Waals surface area (Å²) in [5, 5.41) is 0.420. The Balaban J connectivity index is 2.38. The Hall–Kier alpha value is -0.700. The van der Waals surface area contributed by atoms with Crippen molar-refractivity contribution in [2.24, 2.45) is 0 Å². The first-order valence-electron chi connectivity index (χ1n) is 6.40. The third-order valence-corrected chi connectivity index (χ3v) is 5.49. The van der Waals surface area contributed by atoms with E-state index in [0.717, 1.165) is 16.2 Å². The van der Waals surface area contributed by atoms with Gasteiger partial charge in [-0.1, -0.05) is 32.4 Å². The average molecular weight is 329 g/mol. The van der Waals surface area contributed by atoms with Gasteiger partial charge in [0.1, 0.15) is 5.75 Å². The molecule has 0 aliphatic rings. The Kier molecular flexibility index (Phi) is 4.68. The lowest BCUT2D eigenvalue weighted by Gasteiger charge is -2.16. The molecule has 1 unspecified atom stereocenters. The highest BCUT2D eigenvalue weighted by atomic mass is 35.5. The largest absolute Gasteiger partial charge is 0.496 e. The molecule has 1 heterocycles. The van der Waals surface area contributed by atoms with Crippen LogP contribution < -0.4 is 4.74 Å². The van der Waals surface area contributed by atoms with E-state index in [1.807, 2.05) is 18.2 Å². The van der Waals surface area contributed by atoms with E-state index < -0.39 is 0 Å². The Labute approximate surface area is 134 Å². The predicted octanol–water partition coefficient (Wildman–Crippen LogP) is 6.04. The van der Waals surface area contributed by atoms with Crippen molar-refractivity contribution in [3.8, 4) is 5.75 Å². The van der Waals surface area contributed by atoms with Crippen molar-refractivity contribution in [3.63, 3.8) is 0 Å². The summed E-state index contributed by atoms with van der Waals surface area (Å²) in [7, 11) is 1.64. The summed E-state index contributed by atoms with van der Waals surface area (Å²) in [6, 6.07) is 9.76.